The SMILES string of the molecule is CC(C)(C)NC(=O)NC(=O)CCN1CCN(c2ccc(O)cc2)CC1. The lowest BCUT2D eigenvalue weighted by Gasteiger charge is -2.36. The highest BCUT2D eigenvalue weighted by Gasteiger charge is 2.19. The van der Waals surface area contributed by atoms with Crippen LogP contribution in [0.2, 0.25) is 0 Å². The van der Waals surface area contributed by atoms with Crippen LogP contribution in [0.3, 0.4) is 0 Å². The van der Waals surface area contributed by atoms with Crippen molar-refractivity contribution in [3.8, 4) is 5.75 Å². The van der Waals surface area contributed by atoms with Crippen LogP contribution in [-0.4, -0.2) is 60.2 Å². The maximum atomic E-state index is 11.9. The Bertz CT molecular complexity index is 587. The number of phenolic OH excluding ortho intramolecular Hbond substituents is 1. The molecule has 0 bridgehead atoms. The summed E-state index contributed by atoms with van der Waals surface area (Å²) in [5.74, 6) is 0.00612. The van der Waals surface area contributed by atoms with Crippen LogP contribution in [-0.2, 0) is 4.79 Å². The highest BCUT2D eigenvalue weighted by molar-refractivity contribution is 5.94. The average Bonchev–Trinajstić information content (AvgIpc) is 2.52. The number of nitrogens with one attached hydrogen (secondary N) is 2. The van der Waals surface area contributed by atoms with Crippen LogP contribution in [0.4, 0.5) is 10.5 Å². The van der Waals surface area contributed by atoms with Crippen LogP contribution >= 0.6 is 0 Å². The highest BCUT2D eigenvalue weighted by Crippen LogP contribution is 2.19. The Balaban J connectivity index is 1.69. The second kappa shape index (κ2) is 8.20. The number of carbonyl (C=O) groups excluding carboxylic acids is 2. The van der Waals surface area contributed by atoms with Gasteiger partial charge in [0.1, 0.15) is 5.75 Å². The molecule has 3 amide bonds. The summed E-state index contributed by atoms with van der Waals surface area (Å²) in [5.41, 5.74) is 0.726. The Hall–Kier alpha value is -2.28. The molecule has 0 aliphatic carbocycles. The number of urea groups is 1. The summed E-state index contributed by atoms with van der Waals surface area (Å²) in [6.45, 7) is 9.70. The largest absolute Gasteiger partial charge is 0.508 e. The number of rotatable bonds is 4. The van der Waals surface area contributed by atoms with Crippen molar-refractivity contribution in [3.05, 3.63) is 24.3 Å². The van der Waals surface area contributed by atoms with Gasteiger partial charge in [-0.25, -0.2) is 4.79 Å². The first-order valence-corrected chi connectivity index (χ1v) is 8.61. The Kier molecular flexibility index (Phi) is 6.25. The van der Waals surface area contributed by atoms with Crippen molar-refractivity contribution >= 4 is 17.6 Å². The number of hydrogen-bond acceptors (Lipinski definition) is 5. The van der Waals surface area contributed by atoms with E-state index in [9.17, 15) is 14.7 Å². The summed E-state index contributed by atoms with van der Waals surface area (Å²) < 4.78 is 0. The van der Waals surface area contributed by atoms with Crippen LogP contribution in [0.25, 0.3) is 0 Å². The van der Waals surface area contributed by atoms with E-state index < -0.39 is 6.03 Å². The summed E-state index contributed by atoms with van der Waals surface area (Å²) in [5, 5.41) is 14.4. The molecule has 0 unspecified atom stereocenters. The second-order valence-corrected chi connectivity index (χ2v) is 7.35. The normalized spacial score (nSPS) is 15.7. The van der Waals surface area contributed by atoms with Gasteiger partial charge < -0.3 is 15.3 Å². The lowest BCUT2D eigenvalue weighted by molar-refractivity contribution is -0.120. The quantitative estimate of drug-likeness (QED) is 0.768. The molecule has 1 fully saturated rings. The van der Waals surface area contributed by atoms with Crippen molar-refractivity contribution in [1.82, 2.24) is 15.5 Å². The fraction of sp³-hybridized carbons (Fsp3) is 0.556. The number of piperazine rings is 1. The third kappa shape index (κ3) is 6.62. The molecule has 1 heterocycles. The fourth-order valence-electron chi connectivity index (χ4n) is 2.71. The standard InChI is InChI=1S/C18H28N4O3/c1-18(2,3)20-17(25)19-16(24)8-9-21-10-12-22(13-11-21)14-4-6-15(23)7-5-14/h4-7,23H,8-13H2,1-3H3,(H2,19,20,24,25). The molecule has 0 spiro atoms. The molecular formula is C18H28N4O3. The van der Waals surface area contributed by atoms with Gasteiger partial charge in [0, 0.05) is 50.4 Å². The zero-order valence-electron chi connectivity index (χ0n) is 15.2. The first kappa shape index (κ1) is 19.1. The Morgan fingerprint density at radius 1 is 1.08 bits per heavy atom. The van der Waals surface area contributed by atoms with Gasteiger partial charge in [-0.15, -0.1) is 0 Å². The van der Waals surface area contributed by atoms with Crippen LogP contribution in [0, 0.1) is 0 Å². The molecule has 1 aliphatic rings. The van der Waals surface area contributed by atoms with Crippen molar-refractivity contribution in [2.24, 2.45) is 0 Å². The van der Waals surface area contributed by atoms with Crippen molar-refractivity contribution in [2.45, 2.75) is 32.7 Å². The summed E-state index contributed by atoms with van der Waals surface area (Å²) in [7, 11) is 0. The number of hydrogen-bond donors (Lipinski definition) is 3. The summed E-state index contributed by atoms with van der Waals surface area (Å²) in [6, 6.07) is 6.75. The topological polar surface area (TPSA) is 84.9 Å². The van der Waals surface area contributed by atoms with Crippen LogP contribution in [0.1, 0.15) is 27.2 Å². The molecule has 7 heteroatoms. The third-order valence-corrected chi connectivity index (χ3v) is 3.98. The molecule has 0 saturated carbocycles. The van der Waals surface area contributed by atoms with Gasteiger partial charge >= 0.3 is 6.03 Å². The van der Waals surface area contributed by atoms with E-state index in [1.165, 1.54) is 0 Å². The molecule has 7 nitrogen and oxygen atoms in total. The number of amides is 3. The molecule has 1 aromatic carbocycles. The predicted molar refractivity (Wildman–Crippen MR) is 97.8 cm³/mol. The van der Waals surface area contributed by atoms with E-state index >= 15 is 0 Å². The summed E-state index contributed by atoms with van der Waals surface area (Å²) >= 11 is 0. The third-order valence-electron chi connectivity index (χ3n) is 3.98. The van der Waals surface area contributed by atoms with Gasteiger partial charge in [-0.1, -0.05) is 0 Å². The predicted octanol–water partition coefficient (Wildman–Crippen LogP) is 1.53. The second-order valence-electron chi connectivity index (χ2n) is 7.35. The number of phenols is 1. The number of anilines is 1. The molecule has 1 saturated heterocycles. The molecule has 138 valence electrons. The maximum absolute atomic E-state index is 11.9. The average molecular weight is 348 g/mol. The number of carbonyl (C=O) groups is 2. The van der Waals surface area contributed by atoms with Gasteiger partial charge in [-0.3, -0.25) is 15.0 Å². The Labute approximate surface area is 149 Å². The fourth-order valence-corrected chi connectivity index (χ4v) is 2.71. The lowest BCUT2D eigenvalue weighted by Crippen LogP contribution is -2.49. The molecule has 0 aromatic heterocycles. The highest BCUT2D eigenvalue weighted by atomic mass is 16.3. The van der Waals surface area contributed by atoms with Crippen molar-refractivity contribution in [3.63, 3.8) is 0 Å². The van der Waals surface area contributed by atoms with Gasteiger partial charge in [0.15, 0.2) is 0 Å². The molecule has 0 atom stereocenters. The monoisotopic (exact) mass is 348 g/mol. The molecule has 25 heavy (non-hydrogen) atoms. The number of benzene rings is 1. The number of nitrogens with zero attached hydrogens (tertiary/aromatic N) is 2. The maximum Gasteiger partial charge on any atom is 0.321 e. The molecule has 1 aliphatic heterocycles. The van der Waals surface area contributed by atoms with E-state index in [1.54, 1.807) is 12.1 Å². The van der Waals surface area contributed by atoms with Gasteiger partial charge in [0.25, 0.3) is 0 Å². The molecule has 1 aromatic rings. The van der Waals surface area contributed by atoms with E-state index in [-0.39, 0.29) is 17.2 Å². The Morgan fingerprint density at radius 2 is 1.68 bits per heavy atom. The Morgan fingerprint density at radius 3 is 2.24 bits per heavy atom. The van der Waals surface area contributed by atoms with Crippen molar-refractivity contribution in [2.75, 3.05) is 37.6 Å². The van der Waals surface area contributed by atoms with E-state index in [4.69, 9.17) is 0 Å². The zero-order chi connectivity index (χ0) is 18.4. The molecule has 0 radical (unpaired) electrons. The molecular weight excluding hydrogens is 320 g/mol. The minimum atomic E-state index is -0.449. The van der Waals surface area contributed by atoms with E-state index in [0.717, 1.165) is 31.9 Å². The summed E-state index contributed by atoms with van der Waals surface area (Å²) in [4.78, 5) is 28.0. The number of imide groups is 1. The minimum absolute atomic E-state index is 0.261. The molecule has 2 rings (SSSR count). The van der Waals surface area contributed by atoms with Gasteiger partial charge in [-0.2, -0.15) is 0 Å². The van der Waals surface area contributed by atoms with E-state index in [2.05, 4.69) is 20.4 Å². The van der Waals surface area contributed by atoms with Crippen molar-refractivity contribution in [1.29, 1.82) is 0 Å². The van der Waals surface area contributed by atoms with Gasteiger partial charge in [0.2, 0.25) is 5.91 Å². The minimum Gasteiger partial charge on any atom is -0.508 e. The first-order chi connectivity index (χ1) is 11.7. The number of aromatic hydroxyl groups is 1. The van der Waals surface area contributed by atoms with Crippen LogP contribution in [0.15, 0.2) is 24.3 Å². The van der Waals surface area contributed by atoms with Crippen molar-refractivity contribution < 1.29 is 14.7 Å². The van der Waals surface area contributed by atoms with Crippen LogP contribution in [0.5, 0.6) is 5.75 Å². The van der Waals surface area contributed by atoms with E-state index in [1.807, 2.05) is 32.9 Å². The van der Waals surface area contributed by atoms with Gasteiger partial charge in [-0.05, 0) is 45.0 Å². The smallest absolute Gasteiger partial charge is 0.321 e. The zero-order valence-corrected chi connectivity index (χ0v) is 15.2. The molecule has 3 N–H and O–H groups in total. The summed E-state index contributed by atoms with van der Waals surface area (Å²) in [6.07, 6.45) is 0.302. The van der Waals surface area contributed by atoms with E-state index in [0.29, 0.717) is 13.0 Å². The van der Waals surface area contributed by atoms with Gasteiger partial charge in [0.05, 0.1) is 0 Å². The lowest BCUT2D eigenvalue weighted by atomic mass is 10.1. The first-order valence-electron chi connectivity index (χ1n) is 8.61. The van der Waals surface area contributed by atoms with Crippen LogP contribution < -0.4 is 15.5 Å².